The van der Waals surface area contributed by atoms with Crippen LogP contribution < -0.4 is 15.0 Å². The van der Waals surface area contributed by atoms with Crippen LogP contribution in [0, 0.1) is 5.82 Å². The molecule has 0 atom stereocenters. The number of furan rings is 1. The van der Waals surface area contributed by atoms with Gasteiger partial charge in [0.15, 0.2) is 5.78 Å². The number of nitrogens with zero attached hydrogens (tertiary/aromatic N) is 1. The molecule has 1 heterocycles. The van der Waals surface area contributed by atoms with E-state index in [0.717, 1.165) is 35.7 Å². The molecule has 0 fully saturated rings. The van der Waals surface area contributed by atoms with Gasteiger partial charge in [-0.1, -0.05) is 37.3 Å². The Morgan fingerprint density at radius 3 is 2.32 bits per heavy atom. The molecule has 4 aromatic carbocycles. The Bertz CT molecular complexity index is 1740. The smallest absolute Gasteiger partial charge is 0.251 e. The quantitative estimate of drug-likeness (QED) is 0.110. The van der Waals surface area contributed by atoms with Gasteiger partial charge in [-0.15, -0.1) is 0 Å². The van der Waals surface area contributed by atoms with E-state index in [4.69, 9.17) is 9.15 Å². The van der Waals surface area contributed by atoms with Gasteiger partial charge in [0.25, 0.3) is 5.91 Å². The number of amides is 1. The molecule has 44 heavy (non-hydrogen) atoms. The molecule has 0 saturated heterocycles. The molecule has 0 aliphatic carbocycles. The van der Waals surface area contributed by atoms with E-state index in [1.807, 2.05) is 67.6 Å². The molecule has 0 saturated carbocycles. The summed E-state index contributed by atoms with van der Waals surface area (Å²) in [6, 6.07) is 27.1. The van der Waals surface area contributed by atoms with Gasteiger partial charge < -0.3 is 19.4 Å². The first kappa shape index (κ1) is 30.5. The normalized spacial score (nSPS) is 11.0. The highest BCUT2D eigenvalue weighted by atomic mass is 19.1. The van der Waals surface area contributed by atoms with E-state index in [0.29, 0.717) is 59.4 Å². The number of ketones is 1. The van der Waals surface area contributed by atoms with Crippen LogP contribution in [0.25, 0.3) is 33.4 Å². The lowest BCUT2D eigenvalue weighted by Crippen LogP contribution is -2.25. The van der Waals surface area contributed by atoms with Crippen LogP contribution in [-0.4, -0.2) is 37.9 Å². The first-order valence-corrected chi connectivity index (χ1v) is 15.1. The predicted octanol–water partition coefficient (Wildman–Crippen LogP) is 8.54. The predicted molar refractivity (Wildman–Crippen MR) is 174 cm³/mol. The molecule has 0 aliphatic rings. The van der Waals surface area contributed by atoms with Crippen molar-refractivity contribution in [2.45, 2.75) is 33.6 Å². The van der Waals surface area contributed by atoms with Gasteiger partial charge in [-0.3, -0.25) is 9.59 Å². The van der Waals surface area contributed by atoms with Crippen LogP contribution in [0.15, 0.2) is 95.4 Å². The molecule has 7 heteroatoms. The number of nitrogens with one attached hydrogen (secondary N) is 1. The van der Waals surface area contributed by atoms with Crippen LogP contribution >= 0.6 is 0 Å². The summed E-state index contributed by atoms with van der Waals surface area (Å²) >= 11 is 0. The summed E-state index contributed by atoms with van der Waals surface area (Å²) in [7, 11) is 0. The first-order valence-electron chi connectivity index (χ1n) is 15.1. The maximum atomic E-state index is 13.7. The van der Waals surface area contributed by atoms with Crippen molar-refractivity contribution in [1.82, 2.24) is 5.32 Å². The molecular formula is C37H37FN2O4. The molecule has 1 amide bonds. The van der Waals surface area contributed by atoms with Crippen LogP contribution in [0.4, 0.5) is 10.1 Å². The number of ether oxygens (including phenoxy) is 1. The molecule has 0 bridgehead atoms. The lowest BCUT2D eigenvalue weighted by Gasteiger charge is -2.24. The molecule has 5 rings (SSSR count). The van der Waals surface area contributed by atoms with Crippen molar-refractivity contribution < 1.29 is 23.1 Å². The molecule has 0 unspecified atom stereocenters. The second kappa shape index (κ2) is 14.0. The van der Waals surface area contributed by atoms with E-state index in [1.165, 1.54) is 12.1 Å². The average molecular weight is 593 g/mol. The van der Waals surface area contributed by atoms with Crippen LogP contribution in [0.3, 0.4) is 0 Å². The fourth-order valence-electron chi connectivity index (χ4n) is 5.36. The SMILES string of the molecule is CCC(=O)c1c(-c2ccc(F)cc2)oc2cc(N(CC)CC)c(-c3cccc(C(=O)NCCCOc4ccccc4)c3)cc12. The Labute approximate surface area is 257 Å². The van der Waals surface area contributed by atoms with Crippen LogP contribution in [0.1, 0.15) is 54.3 Å². The Hall–Kier alpha value is -4.91. The van der Waals surface area contributed by atoms with Crippen LogP contribution in [0.2, 0.25) is 0 Å². The summed E-state index contributed by atoms with van der Waals surface area (Å²) < 4.78 is 25.8. The van der Waals surface area contributed by atoms with E-state index >= 15 is 0 Å². The molecule has 1 aromatic heterocycles. The third-order valence-electron chi connectivity index (χ3n) is 7.67. The maximum Gasteiger partial charge on any atom is 0.251 e. The third-order valence-corrected chi connectivity index (χ3v) is 7.67. The number of Topliss-reactive ketones (excluding diaryl/α,β-unsaturated/α-hetero) is 1. The average Bonchev–Trinajstić information content (AvgIpc) is 3.43. The number of fused-ring (bicyclic) bond motifs is 1. The summed E-state index contributed by atoms with van der Waals surface area (Å²) in [5, 5.41) is 3.68. The van der Waals surface area contributed by atoms with Gasteiger partial charge in [-0.25, -0.2) is 4.39 Å². The number of anilines is 1. The topological polar surface area (TPSA) is 71.8 Å². The van der Waals surface area contributed by atoms with Gasteiger partial charge in [0, 0.05) is 59.9 Å². The Kier molecular flexibility index (Phi) is 9.75. The van der Waals surface area contributed by atoms with Crippen LogP contribution in [-0.2, 0) is 0 Å². The highest BCUT2D eigenvalue weighted by molar-refractivity contribution is 6.13. The van der Waals surface area contributed by atoms with Crippen molar-refractivity contribution in [2.24, 2.45) is 0 Å². The number of benzene rings is 4. The lowest BCUT2D eigenvalue weighted by atomic mass is 9.95. The molecule has 1 N–H and O–H groups in total. The first-order chi connectivity index (χ1) is 21.4. The van der Waals surface area contributed by atoms with E-state index in [2.05, 4.69) is 24.1 Å². The third kappa shape index (κ3) is 6.67. The number of rotatable bonds is 13. The molecule has 0 spiro atoms. The van der Waals surface area contributed by atoms with Gasteiger partial charge >= 0.3 is 0 Å². The number of carbonyl (C=O) groups is 2. The number of para-hydroxylation sites is 1. The number of hydrogen-bond acceptors (Lipinski definition) is 5. The Balaban J connectivity index is 1.48. The van der Waals surface area contributed by atoms with Gasteiger partial charge in [0.05, 0.1) is 12.2 Å². The highest BCUT2D eigenvalue weighted by Gasteiger charge is 2.24. The summed E-state index contributed by atoms with van der Waals surface area (Å²) in [5.41, 5.74) is 4.93. The lowest BCUT2D eigenvalue weighted by molar-refractivity contribution is 0.0950. The number of carbonyl (C=O) groups excluding carboxylic acids is 2. The fourth-order valence-corrected chi connectivity index (χ4v) is 5.36. The van der Waals surface area contributed by atoms with Crippen LogP contribution in [0.5, 0.6) is 5.75 Å². The van der Waals surface area contributed by atoms with Gasteiger partial charge in [-0.2, -0.15) is 0 Å². The zero-order valence-corrected chi connectivity index (χ0v) is 25.4. The van der Waals surface area contributed by atoms with Gasteiger partial charge in [0.2, 0.25) is 0 Å². The fraction of sp³-hybridized carbons (Fsp3) is 0.243. The minimum absolute atomic E-state index is 0.0611. The van der Waals surface area contributed by atoms with E-state index in [1.54, 1.807) is 18.2 Å². The number of hydrogen-bond donors (Lipinski definition) is 1. The van der Waals surface area contributed by atoms with Crippen molar-refractivity contribution in [3.05, 3.63) is 108 Å². The van der Waals surface area contributed by atoms with Crippen molar-refractivity contribution in [2.75, 3.05) is 31.1 Å². The summed E-state index contributed by atoms with van der Waals surface area (Å²) in [6.45, 7) is 8.48. The van der Waals surface area contributed by atoms with Gasteiger partial charge in [-0.05, 0) is 80.4 Å². The van der Waals surface area contributed by atoms with E-state index in [9.17, 15) is 14.0 Å². The van der Waals surface area contributed by atoms with E-state index in [-0.39, 0.29) is 17.5 Å². The highest BCUT2D eigenvalue weighted by Crippen LogP contribution is 2.41. The number of halogens is 1. The molecule has 5 aromatic rings. The minimum Gasteiger partial charge on any atom is -0.494 e. The Morgan fingerprint density at radius 1 is 0.864 bits per heavy atom. The van der Waals surface area contributed by atoms with Crippen molar-refractivity contribution in [1.29, 1.82) is 0 Å². The standard InChI is InChI=1S/C37H37FN2O4/c1-4-33(41)35-31-23-30(32(40(5-2)6-3)24-34(31)44-36(35)25-16-18-28(38)19-17-25)26-12-10-13-27(22-26)37(42)39-20-11-21-43-29-14-8-7-9-15-29/h7-10,12-19,22-24H,4-6,11,20-21H2,1-3H3,(H,39,42). The van der Waals surface area contributed by atoms with Gasteiger partial charge in [0.1, 0.15) is 22.9 Å². The molecule has 0 radical (unpaired) electrons. The zero-order valence-electron chi connectivity index (χ0n) is 25.4. The molecule has 0 aliphatic heterocycles. The summed E-state index contributed by atoms with van der Waals surface area (Å²) in [5.74, 6) is 0.649. The Morgan fingerprint density at radius 2 is 1.61 bits per heavy atom. The summed E-state index contributed by atoms with van der Waals surface area (Å²) in [4.78, 5) is 28.6. The molecule has 6 nitrogen and oxygen atoms in total. The van der Waals surface area contributed by atoms with E-state index < -0.39 is 0 Å². The summed E-state index contributed by atoms with van der Waals surface area (Å²) in [6.07, 6.45) is 0.968. The van der Waals surface area contributed by atoms with Crippen molar-refractivity contribution in [3.8, 4) is 28.2 Å². The molecular weight excluding hydrogens is 555 g/mol. The maximum absolute atomic E-state index is 13.7. The van der Waals surface area contributed by atoms with Crippen molar-refractivity contribution >= 4 is 28.3 Å². The second-order valence-corrected chi connectivity index (χ2v) is 10.5. The largest absolute Gasteiger partial charge is 0.494 e. The zero-order chi connectivity index (χ0) is 31.1. The second-order valence-electron chi connectivity index (χ2n) is 10.5. The molecule has 226 valence electrons. The monoisotopic (exact) mass is 592 g/mol. The van der Waals surface area contributed by atoms with Crippen molar-refractivity contribution in [3.63, 3.8) is 0 Å². The minimum atomic E-state index is -0.358.